The Morgan fingerprint density at radius 1 is 1.55 bits per heavy atom. The van der Waals surface area contributed by atoms with Gasteiger partial charge in [-0.25, -0.2) is 0 Å². The average molecular weight is 342 g/mol. The van der Waals surface area contributed by atoms with E-state index >= 15 is 0 Å². The molecule has 1 heterocycles. The van der Waals surface area contributed by atoms with Crippen molar-refractivity contribution in [2.75, 3.05) is 19.8 Å². The Labute approximate surface area is 127 Å². The van der Waals surface area contributed by atoms with Crippen LogP contribution in [-0.4, -0.2) is 47.8 Å². The Balaban J connectivity index is 2.06. The first-order chi connectivity index (χ1) is 9.51. The van der Waals surface area contributed by atoms with Gasteiger partial charge in [-0.05, 0) is 37.1 Å². The molecule has 1 fully saturated rings. The first-order valence-corrected chi connectivity index (χ1v) is 7.57. The molecule has 1 aromatic carbocycles. The number of ether oxygens (including phenoxy) is 1. The van der Waals surface area contributed by atoms with Crippen molar-refractivity contribution in [3.05, 3.63) is 33.8 Å². The quantitative estimate of drug-likeness (QED) is 0.913. The summed E-state index contributed by atoms with van der Waals surface area (Å²) in [4.78, 5) is 14.3. The molecule has 5 heteroatoms. The minimum atomic E-state index is -0.263. The van der Waals surface area contributed by atoms with Crippen molar-refractivity contribution in [2.24, 2.45) is 0 Å². The van der Waals surface area contributed by atoms with Crippen molar-refractivity contribution in [1.82, 2.24) is 4.90 Å². The summed E-state index contributed by atoms with van der Waals surface area (Å²) < 4.78 is 6.48. The topological polar surface area (TPSA) is 49.8 Å². The lowest BCUT2D eigenvalue weighted by Crippen LogP contribution is -2.52. The van der Waals surface area contributed by atoms with Crippen LogP contribution in [-0.2, 0) is 16.0 Å². The van der Waals surface area contributed by atoms with Crippen LogP contribution in [0.1, 0.15) is 18.1 Å². The van der Waals surface area contributed by atoms with Gasteiger partial charge < -0.3 is 14.7 Å². The number of hydrogen-bond donors (Lipinski definition) is 1. The summed E-state index contributed by atoms with van der Waals surface area (Å²) in [5.41, 5.74) is 2.14. The first kappa shape index (κ1) is 15.5. The van der Waals surface area contributed by atoms with Crippen LogP contribution in [0.15, 0.2) is 22.7 Å². The number of aliphatic hydroxyl groups is 1. The molecule has 2 atom stereocenters. The maximum absolute atomic E-state index is 12.5. The summed E-state index contributed by atoms with van der Waals surface area (Å²) in [5, 5.41) is 9.17. The van der Waals surface area contributed by atoms with Gasteiger partial charge in [0.15, 0.2) is 0 Å². The maximum atomic E-state index is 12.5. The molecule has 4 nitrogen and oxygen atoms in total. The lowest BCUT2D eigenvalue weighted by Gasteiger charge is -2.37. The van der Waals surface area contributed by atoms with Crippen LogP contribution in [0.5, 0.6) is 0 Å². The van der Waals surface area contributed by atoms with Crippen LogP contribution < -0.4 is 0 Å². The fourth-order valence-electron chi connectivity index (χ4n) is 2.40. The summed E-state index contributed by atoms with van der Waals surface area (Å²) in [6.07, 6.45) is 0.128. The van der Waals surface area contributed by atoms with Crippen molar-refractivity contribution in [3.63, 3.8) is 0 Å². The van der Waals surface area contributed by atoms with E-state index < -0.39 is 0 Å². The highest BCUT2D eigenvalue weighted by Gasteiger charge is 2.29. The van der Waals surface area contributed by atoms with Crippen LogP contribution in [0, 0.1) is 6.92 Å². The monoisotopic (exact) mass is 341 g/mol. The van der Waals surface area contributed by atoms with E-state index in [2.05, 4.69) is 15.9 Å². The first-order valence-electron chi connectivity index (χ1n) is 6.78. The molecule has 1 saturated heterocycles. The summed E-state index contributed by atoms with van der Waals surface area (Å²) in [6.45, 7) is 4.88. The number of nitrogens with zero attached hydrogens (tertiary/aromatic N) is 1. The normalized spacial score (nSPS) is 22.9. The predicted octanol–water partition coefficient (Wildman–Crippen LogP) is 1.91. The zero-order valence-electron chi connectivity index (χ0n) is 11.8. The van der Waals surface area contributed by atoms with Crippen molar-refractivity contribution in [2.45, 2.75) is 32.4 Å². The van der Waals surface area contributed by atoms with Crippen LogP contribution >= 0.6 is 15.9 Å². The van der Waals surface area contributed by atoms with E-state index in [1.165, 1.54) is 0 Å². The lowest BCUT2D eigenvalue weighted by molar-refractivity contribution is -0.145. The Morgan fingerprint density at radius 2 is 2.30 bits per heavy atom. The van der Waals surface area contributed by atoms with Crippen LogP contribution in [0.25, 0.3) is 0 Å². The number of aryl methyl sites for hydroxylation is 1. The third-order valence-corrected chi connectivity index (χ3v) is 4.17. The number of amides is 1. The van der Waals surface area contributed by atoms with Crippen LogP contribution in [0.4, 0.5) is 0 Å². The van der Waals surface area contributed by atoms with Crippen molar-refractivity contribution < 1.29 is 14.6 Å². The fourth-order valence-corrected chi connectivity index (χ4v) is 2.87. The van der Waals surface area contributed by atoms with Gasteiger partial charge in [-0.15, -0.1) is 0 Å². The summed E-state index contributed by atoms with van der Waals surface area (Å²) in [5.74, 6) is 0.0877. The molecule has 20 heavy (non-hydrogen) atoms. The SMILES string of the molecule is Cc1cc(Br)ccc1CC(=O)N1CC(CO)OCC1C. The predicted molar refractivity (Wildman–Crippen MR) is 80.6 cm³/mol. The van der Waals surface area contributed by atoms with E-state index in [0.29, 0.717) is 19.6 Å². The standard InChI is InChI=1S/C15H20BrNO3/c1-10-5-13(16)4-3-12(10)6-15(19)17-7-14(8-18)20-9-11(17)2/h3-5,11,14,18H,6-9H2,1-2H3. The lowest BCUT2D eigenvalue weighted by atomic mass is 10.0. The highest BCUT2D eigenvalue weighted by molar-refractivity contribution is 9.10. The Bertz CT molecular complexity index is 492. The average Bonchev–Trinajstić information content (AvgIpc) is 2.42. The third kappa shape index (κ3) is 3.59. The molecule has 2 rings (SSSR count). The van der Waals surface area contributed by atoms with Crippen LogP contribution in [0.2, 0.25) is 0 Å². The zero-order chi connectivity index (χ0) is 14.7. The highest BCUT2D eigenvalue weighted by Crippen LogP contribution is 2.19. The fraction of sp³-hybridized carbons (Fsp3) is 0.533. The molecular weight excluding hydrogens is 322 g/mol. The Morgan fingerprint density at radius 3 is 2.95 bits per heavy atom. The largest absolute Gasteiger partial charge is 0.394 e. The van der Waals surface area contributed by atoms with Gasteiger partial charge in [-0.3, -0.25) is 4.79 Å². The van der Waals surface area contributed by atoms with Gasteiger partial charge >= 0.3 is 0 Å². The van der Waals surface area contributed by atoms with Crippen molar-refractivity contribution in [1.29, 1.82) is 0 Å². The number of hydrogen-bond acceptors (Lipinski definition) is 3. The molecular formula is C15H20BrNO3. The molecule has 0 saturated carbocycles. The van der Waals surface area contributed by atoms with E-state index in [4.69, 9.17) is 4.74 Å². The maximum Gasteiger partial charge on any atom is 0.227 e. The van der Waals surface area contributed by atoms with E-state index in [1.807, 2.05) is 36.9 Å². The van der Waals surface area contributed by atoms with Gasteiger partial charge in [0.25, 0.3) is 0 Å². The molecule has 0 aromatic heterocycles. The molecule has 1 aromatic rings. The number of carbonyl (C=O) groups is 1. The van der Waals surface area contributed by atoms with Gasteiger partial charge in [-0.2, -0.15) is 0 Å². The Hall–Kier alpha value is -0.910. The van der Waals surface area contributed by atoms with Crippen molar-refractivity contribution in [3.8, 4) is 0 Å². The molecule has 2 unspecified atom stereocenters. The molecule has 0 spiro atoms. The molecule has 1 amide bonds. The minimum absolute atomic E-state index is 0.0478. The third-order valence-electron chi connectivity index (χ3n) is 3.68. The van der Waals surface area contributed by atoms with E-state index in [9.17, 15) is 9.90 Å². The number of morpholine rings is 1. The molecule has 0 bridgehead atoms. The molecule has 0 aliphatic carbocycles. The van der Waals surface area contributed by atoms with Gasteiger partial charge in [0.2, 0.25) is 5.91 Å². The number of aliphatic hydroxyl groups excluding tert-OH is 1. The Kier molecular flexibility index (Phi) is 5.18. The van der Waals surface area contributed by atoms with Gasteiger partial charge in [0.05, 0.1) is 31.8 Å². The second-order valence-corrected chi connectivity index (χ2v) is 6.20. The van der Waals surface area contributed by atoms with E-state index in [0.717, 1.165) is 15.6 Å². The molecule has 1 N–H and O–H groups in total. The number of benzene rings is 1. The number of halogens is 1. The highest BCUT2D eigenvalue weighted by atomic mass is 79.9. The molecule has 0 radical (unpaired) electrons. The summed E-state index contributed by atoms with van der Waals surface area (Å²) >= 11 is 3.43. The second-order valence-electron chi connectivity index (χ2n) is 5.28. The number of carbonyl (C=O) groups excluding carboxylic acids is 1. The molecule has 110 valence electrons. The summed E-state index contributed by atoms with van der Waals surface area (Å²) in [7, 11) is 0. The number of rotatable bonds is 3. The van der Waals surface area contributed by atoms with E-state index in [-0.39, 0.29) is 24.7 Å². The van der Waals surface area contributed by atoms with Gasteiger partial charge in [0, 0.05) is 11.0 Å². The van der Waals surface area contributed by atoms with Crippen molar-refractivity contribution >= 4 is 21.8 Å². The molecule has 1 aliphatic rings. The smallest absolute Gasteiger partial charge is 0.227 e. The van der Waals surface area contributed by atoms with Gasteiger partial charge in [0.1, 0.15) is 0 Å². The molecule has 1 aliphatic heterocycles. The van der Waals surface area contributed by atoms with E-state index in [1.54, 1.807) is 0 Å². The minimum Gasteiger partial charge on any atom is -0.394 e. The van der Waals surface area contributed by atoms with Crippen LogP contribution in [0.3, 0.4) is 0 Å². The summed E-state index contributed by atoms with van der Waals surface area (Å²) in [6, 6.07) is 6.00. The second kappa shape index (κ2) is 6.70. The zero-order valence-corrected chi connectivity index (χ0v) is 13.4. The van der Waals surface area contributed by atoms with Gasteiger partial charge in [-0.1, -0.05) is 22.0 Å².